The molecule has 1 atom stereocenters. The SMILES string of the molecule is COc1cccc(-n2c(CC3CC(=O)NC(=O)N3)nnc2SCc2ccccc2)c1. The van der Waals surface area contributed by atoms with Gasteiger partial charge in [0.05, 0.1) is 12.8 Å². The van der Waals surface area contributed by atoms with Crippen molar-refractivity contribution in [3.05, 3.63) is 66.0 Å². The van der Waals surface area contributed by atoms with Crippen LogP contribution in [0.5, 0.6) is 5.75 Å². The zero-order valence-electron chi connectivity index (χ0n) is 16.4. The molecular weight excluding hydrogens is 402 g/mol. The molecule has 1 fully saturated rings. The van der Waals surface area contributed by atoms with E-state index >= 15 is 0 Å². The van der Waals surface area contributed by atoms with E-state index in [1.165, 1.54) is 5.56 Å². The van der Waals surface area contributed by atoms with E-state index in [1.807, 2.05) is 47.0 Å². The second-order valence-electron chi connectivity index (χ2n) is 6.84. The lowest BCUT2D eigenvalue weighted by molar-refractivity contribution is -0.121. The van der Waals surface area contributed by atoms with Crippen molar-refractivity contribution in [2.75, 3.05) is 7.11 Å². The van der Waals surface area contributed by atoms with E-state index in [4.69, 9.17) is 4.74 Å². The molecule has 1 unspecified atom stereocenters. The average molecular weight is 423 g/mol. The third-order valence-corrected chi connectivity index (χ3v) is 5.67. The largest absolute Gasteiger partial charge is 0.497 e. The van der Waals surface area contributed by atoms with Gasteiger partial charge in [-0.05, 0) is 17.7 Å². The van der Waals surface area contributed by atoms with Gasteiger partial charge in [-0.15, -0.1) is 10.2 Å². The maximum absolute atomic E-state index is 11.7. The summed E-state index contributed by atoms with van der Waals surface area (Å²) < 4.78 is 7.32. The number of imide groups is 1. The first-order valence-electron chi connectivity index (χ1n) is 9.48. The number of benzene rings is 2. The molecule has 154 valence electrons. The maximum atomic E-state index is 11.7. The first-order chi connectivity index (χ1) is 14.6. The average Bonchev–Trinajstić information content (AvgIpc) is 3.14. The van der Waals surface area contributed by atoms with Gasteiger partial charge in [0.2, 0.25) is 5.91 Å². The smallest absolute Gasteiger partial charge is 0.321 e. The van der Waals surface area contributed by atoms with E-state index in [-0.39, 0.29) is 18.4 Å². The highest BCUT2D eigenvalue weighted by Crippen LogP contribution is 2.27. The number of urea groups is 1. The third-order valence-electron chi connectivity index (χ3n) is 4.67. The molecule has 0 radical (unpaired) electrons. The van der Waals surface area contributed by atoms with Gasteiger partial charge in [-0.1, -0.05) is 48.2 Å². The molecule has 0 bridgehead atoms. The summed E-state index contributed by atoms with van der Waals surface area (Å²) in [7, 11) is 1.62. The number of ether oxygens (including phenoxy) is 1. The number of thioether (sulfide) groups is 1. The van der Waals surface area contributed by atoms with E-state index < -0.39 is 6.03 Å². The molecule has 3 aromatic rings. The van der Waals surface area contributed by atoms with Crippen molar-refractivity contribution in [2.45, 2.75) is 29.8 Å². The van der Waals surface area contributed by atoms with Gasteiger partial charge in [0.1, 0.15) is 11.6 Å². The molecule has 1 aromatic heterocycles. The fraction of sp³-hybridized carbons (Fsp3) is 0.238. The molecule has 1 aliphatic heterocycles. The van der Waals surface area contributed by atoms with Crippen LogP contribution in [0.25, 0.3) is 5.69 Å². The maximum Gasteiger partial charge on any atom is 0.321 e. The number of hydrogen-bond acceptors (Lipinski definition) is 6. The standard InChI is InChI=1S/C21H21N5O3S/c1-29-17-9-5-8-16(12-17)26-18(10-15-11-19(27)23-20(28)22-15)24-25-21(26)30-13-14-6-3-2-4-7-14/h2-9,12,15H,10-11,13H2,1H3,(H2,22,23,27,28). The minimum atomic E-state index is -0.484. The van der Waals surface area contributed by atoms with Gasteiger partial charge in [-0.2, -0.15) is 0 Å². The number of nitrogens with one attached hydrogen (secondary N) is 2. The van der Waals surface area contributed by atoms with Crippen molar-refractivity contribution >= 4 is 23.7 Å². The normalized spacial score (nSPS) is 16.1. The topological polar surface area (TPSA) is 98.1 Å². The Hall–Kier alpha value is -3.33. The van der Waals surface area contributed by atoms with Gasteiger partial charge in [-0.3, -0.25) is 14.7 Å². The second-order valence-corrected chi connectivity index (χ2v) is 7.78. The number of methoxy groups -OCH3 is 1. The lowest BCUT2D eigenvalue weighted by atomic mass is 10.1. The molecule has 2 heterocycles. The molecule has 4 rings (SSSR count). The van der Waals surface area contributed by atoms with E-state index in [0.717, 1.165) is 22.3 Å². The van der Waals surface area contributed by atoms with E-state index in [1.54, 1.807) is 18.9 Å². The number of amides is 3. The molecule has 2 aromatic carbocycles. The molecule has 3 amide bonds. The van der Waals surface area contributed by atoms with Crippen LogP contribution < -0.4 is 15.4 Å². The van der Waals surface area contributed by atoms with E-state index in [0.29, 0.717) is 12.2 Å². The lowest BCUT2D eigenvalue weighted by Crippen LogP contribution is -2.53. The van der Waals surface area contributed by atoms with Gasteiger partial charge >= 0.3 is 6.03 Å². The zero-order valence-corrected chi connectivity index (χ0v) is 17.2. The second kappa shape index (κ2) is 9.00. The summed E-state index contributed by atoms with van der Waals surface area (Å²) in [6.45, 7) is 0. The molecule has 0 spiro atoms. The highest BCUT2D eigenvalue weighted by Gasteiger charge is 2.26. The summed E-state index contributed by atoms with van der Waals surface area (Å²) in [6.07, 6.45) is 0.582. The predicted molar refractivity (Wildman–Crippen MR) is 113 cm³/mol. The number of hydrogen-bond donors (Lipinski definition) is 2. The molecule has 1 aliphatic rings. The Bertz CT molecular complexity index is 1040. The summed E-state index contributed by atoms with van der Waals surface area (Å²) in [5.74, 6) is 1.83. The van der Waals surface area contributed by atoms with Crippen molar-refractivity contribution < 1.29 is 14.3 Å². The minimum absolute atomic E-state index is 0.198. The number of aromatic nitrogens is 3. The van der Waals surface area contributed by atoms with Crippen LogP contribution in [0.4, 0.5) is 4.79 Å². The van der Waals surface area contributed by atoms with Crippen LogP contribution in [0.3, 0.4) is 0 Å². The number of carbonyl (C=O) groups is 2. The Morgan fingerprint density at radius 2 is 1.97 bits per heavy atom. The number of carbonyl (C=O) groups excluding carboxylic acids is 2. The summed E-state index contributed by atoms with van der Waals surface area (Å²) >= 11 is 1.57. The van der Waals surface area contributed by atoms with Gasteiger partial charge in [0.25, 0.3) is 0 Å². The quantitative estimate of drug-likeness (QED) is 0.567. The summed E-state index contributed by atoms with van der Waals surface area (Å²) in [6, 6.07) is 16.9. The van der Waals surface area contributed by atoms with Crippen LogP contribution in [-0.4, -0.2) is 39.9 Å². The van der Waals surface area contributed by atoms with Crippen molar-refractivity contribution in [2.24, 2.45) is 0 Å². The van der Waals surface area contributed by atoms with Crippen LogP contribution in [0.15, 0.2) is 59.8 Å². The Morgan fingerprint density at radius 1 is 1.13 bits per heavy atom. The summed E-state index contributed by atoms with van der Waals surface area (Å²) in [5.41, 5.74) is 2.04. The van der Waals surface area contributed by atoms with Crippen molar-refractivity contribution in [1.29, 1.82) is 0 Å². The molecule has 1 saturated heterocycles. The minimum Gasteiger partial charge on any atom is -0.497 e. The van der Waals surface area contributed by atoms with Crippen molar-refractivity contribution in [3.8, 4) is 11.4 Å². The first-order valence-corrected chi connectivity index (χ1v) is 10.5. The monoisotopic (exact) mass is 423 g/mol. The first kappa shape index (κ1) is 20.0. The third kappa shape index (κ3) is 4.62. The highest BCUT2D eigenvalue weighted by molar-refractivity contribution is 7.98. The molecule has 2 N–H and O–H groups in total. The van der Waals surface area contributed by atoms with Crippen LogP contribution in [0.1, 0.15) is 17.8 Å². The number of nitrogens with zero attached hydrogens (tertiary/aromatic N) is 3. The molecule has 0 saturated carbocycles. The van der Waals surface area contributed by atoms with E-state index in [9.17, 15) is 9.59 Å². The van der Waals surface area contributed by atoms with Crippen molar-refractivity contribution in [3.63, 3.8) is 0 Å². The molecule has 8 nitrogen and oxygen atoms in total. The fourth-order valence-corrected chi connectivity index (χ4v) is 4.20. The Labute approximate surface area is 178 Å². The predicted octanol–water partition coefficient (Wildman–Crippen LogP) is 2.71. The molecule has 0 aliphatic carbocycles. The van der Waals surface area contributed by atoms with Gasteiger partial charge in [-0.25, -0.2) is 4.79 Å². The Morgan fingerprint density at radius 3 is 2.73 bits per heavy atom. The van der Waals surface area contributed by atoms with E-state index in [2.05, 4.69) is 33.0 Å². The van der Waals surface area contributed by atoms with Crippen LogP contribution in [-0.2, 0) is 17.0 Å². The van der Waals surface area contributed by atoms with Gasteiger partial charge < -0.3 is 10.1 Å². The molecule has 9 heteroatoms. The fourth-order valence-electron chi connectivity index (χ4n) is 3.27. The number of rotatable bonds is 7. The van der Waals surface area contributed by atoms with Crippen LogP contribution in [0.2, 0.25) is 0 Å². The van der Waals surface area contributed by atoms with Crippen LogP contribution in [0, 0.1) is 0 Å². The Kier molecular flexibility index (Phi) is 5.99. The highest BCUT2D eigenvalue weighted by atomic mass is 32.2. The van der Waals surface area contributed by atoms with Gasteiger partial charge in [0, 0.05) is 30.7 Å². The lowest BCUT2D eigenvalue weighted by Gasteiger charge is -2.23. The molecule has 30 heavy (non-hydrogen) atoms. The summed E-state index contributed by atoms with van der Waals surface area (Å²) in [4.78, 5) is 23.4. The molecular formula is C21H21N5O3S. The van der Waals surface area contributed by atoms with Gasteiger partial charge in [0.15, 0.2) is 5.16 Å². The van der Waals surface area contributed by atoms with Crippen LogP contribution >= 0.6 is 11.8 Å². The van der Waals surface area contributed by atoms with Crippen molar-refractivity contribution in [1.82, 2.24) is 25.4 Å². The summed E-state index contributed by atoms with van der Waals surface area (Å²) in [5, 5.41) is 14.5. The Balaban J connectivity index is 1.64. The zero-order chi connectivity index (χ0) is 20.9.